The number of sulfonamides is 1. The molecule has 0 heterocycles. The summed E-state index contributed by atoms with van der Waals surface area (Å²) in [4.78, 5) is 0.189. The van der Waals surface area contributed by atoms with Crippen molar-refractivity contribution < 1.29 is 13.5 Å². The van der Waals surface area contributed by atoms with Crippen LogP contribution >= 0.6 is 11.8 Å². The van der Waals surface area contributed by atoms with Crippen molar-refractivity contribution in [1.29, 1.82) is 0 Å². The van der Waals surface area contributed by atoms with Crippen LogP contribution in [0, 0.1) is 11.8 Å². The summed E-state index contributed by atoms with van der Waals surface area (Å²) in [5.74, 6) is 6.45. The van der Waals surface area contributed by atoms with Crippen LogP contribution in [0.25, 0.3) is 0 Å². The van der Waals surface area contributed by atoms with Crippen LogP contribution in [0.15, 0.2) is 29.2 Å². The summed E-state index contributed by atoms with van der Waals surface area (Å²) in [5, 5.41) is 8.71. The van der Waals surface area contributed by atoms with Gasteiger partial charge >= 0.3 is 0 Å². The third-order valence-corrected chi connectivity index (χ3v) is 4.67. The molecular weight excluding hydrogens is 294 g/mol. The molecule has 110 valence electrons. The molecule has 0 saturated heterocycles. The van der Waals surface area contributed by atoms with Gasteiger partial charge in [-0.25, -0.2) is 13.1 Å². The fourth-order valence-electron chi connectivity index (χ4n) is 1.52. The highest BCUT2D eigenvalue weighted by Gasteiger charge is 2.16. The van der Waals surface area contributed by atoms with Crippen molar-refractivity contribution in [2.24, 2.45) is 0 Å². The molecular formula is C14H19NO3S2. The Balaban J connectivity index is 2.87. The van der Waals surface area contributed by atoms with Gasteiger partial charge < -0.3 is 5.11 Å². The fraction of sp³-hybridized carbons (Fsp3) is 0.429. The molecule has 0 saturated carbocycles. The van der Waals surface area contributed by atoms with E-state index in [2.05, 4.69) is 16.6 Å². The van der Waals surface area contributed by atoms with Crippen LogP contribution < -0.4 is 4.72 Å². The van der Waals surface area contributed by atoms with Gasteiger partial charge in [-0.1, -0.05) is 24.0 Å². The van der Waals surface area contributed by atoms with Gasteiger partial charge in [-0.2, -0.15) is 11.8 Å². The molecule has 0 unspecified atom stereocenters. The van der Waals surface area contributed by atoms with E-state index in [-0.39, 0.29) is 11.5 Å². The molecule has 6 heteroatoms. The minimum Gasteiger partial charge on any atom is -0.395 e. The van der Waals surface area contributed by atoms with E-state index in [1.807, 2.05) is 6.26 Å². The molecule has 0 spiro atoms. The predicted octanol–water partition coefficient (Wildman–Crippen LogP) is 1.45. The standard InChI is InChI=1S/C14H19NO3S2/c1-19-12-6-10-15-20(17,18)14-9-3-2-7-13(14)8-4-5-11-16/h2-3,7,9,15-16H,5-6,10-12H2,1H3. The van der Waals surface area contributed by atoms with E-state index in [1.165, 1.54) is 0 Å². The van der Waals surface area contributed by atoms with Gasteiger partial charge in [0.25, 0.3) is 0 Å². The summed E-state index contributed by atoms with van der Waals surface area (Å²) in [6, 6.07) is 6.63. The molecule has 0 radical (unpaired) electrons. The van der Waals surface area contributed by atoms with E-state index >= 15 is 0 Å². The quantitative estimate of drug-likeness (QED) is 0.591. The van der Waals surface area contributed by atoms with E-state index in [1.54, 1.807) is 36.0 Å². The third kappa shape index (κ3) is 5.55. The van der Waals surface area contributed by atoms with Gasteiger partial charge in [-0.15, -0.1) is 0 Å². The van der Waals surface area contributed by atoms with Gasteiger partial charge in [0.2, 0.25) is 10.0 Å². The van der Waals surface area contributed by atoms with Gasteiger partial charge in [0.05, 0.1) is 11.5 Å². The van der Waals surface area contributed by atoms with E-state index < -0.39 is 10.0 Å². The minimum atomic E-state index is -3.53. The van der Waals surface area contributed by atoms with Gasteiger partial charge in [-0.3, -0.25) is 0 Å². The van der Waals surface area contributed by atoms with E-state index in [4.69, 9.17) is 5.11 Å². The van der Waals surface area contributed by atoms with Crippen molar-refractivity contribution in [2.45, 2.75) is 17.7 Å². The van der Waals surface area contributed by atoms with Crippen molar-refractivity contribution in [1.82, 2.24) is 4.72 Å². The third-order valence-electron chi connectivity index (χ3n) is 2.45. The maximum absolute atomic E-state index is 12.2. The molecule has 1 aromatic carbocycles. The van der Waals surface area contributed by atoms with Gasteiger partial charge in [0.1, 0.15) is 0 Å². The molecule has 20 heavy (non-hydrogen) atoms. The number of aliphatic hydroxyl groups excluding tert-OH is 1. The maximum Gasteiger partial charge on any atom is 0.241 e. The molecule has 4 nitrogen and oxygen atoms in total. The average Bonchev–Trinajstić information content (AvgIpc) is 2.44. The van der Waals surface area contributed by atoms with E-state index in [0.717, 1.165) is 12.2 Å². The monoisotopic (exact) mass is 313 g/mol. The van der Waals surface area contributed by atoms with Crippen molar-refractivity contribution >= 4 is 21.8 Å². The summed E-state index contributed by atoms with van der Waals surface area (Å²) >= 11 is 1.68. The summed E-state index contributed by atoms with van der Waals surface area (Å²) in [7, 11) is -3.53. The van der Waals surface area contributed by atoms with Crippen LogP contribution in [-0.2, 0) is 10.0 Å². The van der Waals surface area contributed by atoms with Crippen molar-refractivity contribution in [2.75, 3.05) is 25.2 Å². The summed E-state index contributed by atoms with van der Waals surface area (Å²) in [5.41, 5.74) is 0.457. The van der Waals surface area contributed by atoms with Gasteiger partial charge in [0.15, 0.2) is 0 Å². The second-order valence-electron chi connectivity index (χ2n) is 4.02. The number of hydrogen-bond donors (Lipinski definition) is 2. The Kier molecular flexibility index (Phi) is 7.70. The molecule has 0 aliphatic rings. The van der Waals surface area contributed by atoms with Crippen LogP contribution in [0.4, 0.5) is 0 Å². The number of rotatable bonds is 7. The minimum absolute atomic E-state index is 0.0329. The smallest absolute Gasteiger partial charge is 0.241 e. The van der Waals surface area contributed by atoms with Crippen LogP contribution in [0.1, 0.15) is 18.4 Å². The summed E-state index contributed by atoms with van der Waals surface area (Å²) in [6.07, 6.45) is 3.11. The first kappa shape index (κ1) is 17.1. The molecule has 1 aromatic rings. The number of nitrogens with one attached hydrogen (secondary N) is 1. The van der Waals surface area contributed by atoms with Gasteiger partial charge in [-0.05, 0) is 30.6 Å². The Labute approximate surface area is 125 Å². The molecule has 0 bridgehead atoms. The zero-order valence-corrected chi connectivity index (χ0v) is 13.1. The van der Waals surface area contributed by atoms with E-state index in [9.17, 15) is 8.42 Å². The van der Waals surface area contributed by atoms with E-state index in [0.29, 0.717) is 18.5 Å². The SMILES string of the molecule is CSCCCNS(=O)(=O)c1ccccc1C#CCCO. The first-order chi connectivity index (χ1) is 9.61. The number of hydrogen-bond acceptors (Lipinski definition) is 4. The van der Waals surface area contributed by atoms with Crippen LogP contribution in [0.2, 0.25) is 0 Å². The summed E-state index contributed by atoms with van der Waals surface area (Å²) < 4.78 is 27.0. The van der Waals surface area contributed by atoms with Crippen molar-refractivity contribution in [3.63, 3.8) is 0 Å². The molecule has 0 amide bonds. The zero-order chi connectivity index (χ0) is 14.8. The number of benzene rings is 1. The molecule has 0 aliphatic carbocycles. The molecule has 0 atom stereocenters. The van der Waals surface area contributed by atoms with Crippen LogP contribution in [0.5, 0.6) is 0 Å². The molecule has 0 fully saturated rings. The first-order valence-electron chi connectivity index (χ1n) is 6.29. The number of thioether (sulfide) groups is 1. The van der Waals surface area contributed by atoms with Gasteiger partial charge in [0, 0.05) is 18.5 Å². The van der Waals surface area contributed by atoms with Crippen LogP contribution in [-0.4, -0.2) is 38.7 Å². The first-order valence-corrected chi connectivity index (χ1v) is 9.17. The van der Waals surface area contributed by atoms with Crippen LogP contribution in [0.3, 0.4) is 0 Å². The second kappa shape index (κ2) is 9.03. The topological polar surface area (TPSA) is 66.4 Å². The lowest BCUT2D eigenvalue weighted by Gasteiger charge is -2.08. The van der Waals surface area contributed by atoms with Crippen molar-refractivity contribution in [3.8, 4) is 11.8 Å². The Morgan fingerprint density at radius 3 is 2.80 bits per heavy atom. The predicted molar refractivity (Wildman–Crippen MR) is 83.2 cm³/mol. The summed E-state index contributed by atoms with van der Waals surface area (Å²) in [6.45, 7) is 0.385. The Hall–Kier alpha value is -1.00. The zero-order valence-electron chi connectivity index (χ0n) is 11.4. The lowest BCUT2D eigenvalue weighted by Crippen LogP contribution is -2.25. The largest absolute Gasteiger partial charge is 0.395 e. The highest BCUT2D eigenvalue weighted by molar-refractivity contribution is 7.98. The number of aliphatic hydroxyl groups is 1. The Morgan fingerprint density at radius 1 is 1.35 bits per heavy atom. The Bertz CT molecular complexity index is 574. The lowest BCUT2D eigenvalue weighted by atomic mass is 10.2. The molecule has 0 aliphatic heterocycles. The van der Waals surface area contributed by atoms with Crippen molar-refractivity contribution in [3.05, 3.63) is 29.8 Å². The fourth-order valence-corrected chi connectivity index (χ4v) is 3.19. The molecule has 2 N–H and O–H groups in total. The average molecular weight is 313 g/mol. The maximum atomic E-state index is 12.2. The molecule has 0 aromatic heterocycles. The highest BCUT2D eigenvalue weighted by Crippen LogP contribution is 2.14. The lowest BCUT2D eigenvalue weighted by molar-refractivity contribution is 0.305. The molecule has 1 rings (SSSR count). The Morgan fingerprint density at radius 2 is 2.10 bits per heavy atom. The highest BCUT2D eigenvalue weighted by atomic mass is 32.2. The second-order valence-corrected chi connectivity index (χ2v) is 6.74. The normalized spacial score (nSPS) is 10.9.